The first-order valence-corrected chi connectivity index (χ1v) is 24.9. The lowest BCUT2D eigenvalue weighted by Crippen LogP contribution is -2.30. The van der Waals surface area contributed by atoms with Crippen LogP contribution in [0.3, 0.4) is 0 Å². The van der Waals surface area contributed by atoms with Crippen molar-refractivity contribution in [2.24, 2.45) is 0 Å². The Morgan fingerprint density at radius 2 is 0.703 bits per heavy atom. The first kappa shape index (κ1) is 59.3. The van der Waals surface area contributed by atoms with Gasteiger partial charge in [-0.25, -0.2) is 0 Å². The fraction of sp³-hybridized carbons (Fsp3) is 0.534. The molecule has 64 heavy (non-hydrogen) atoms. The second-order valence-corrected chi connectivity index (χ2v) is 15.7. The maximum atomic E-state index is 12.8. The van der Waals surface area contributed by atoms with Gasteiger partial charge >= 0.3 is 17.9 Å². The first-order valence-electron chi connectivity index (χ1n) is 24.9. The zero-order chi connectivity index (χ0) is 46.5. The quantitative estimate of drug-likeness (QED) is 0.0200. The van der Waals surface area contributed by atoms with Crippen molar-refractivity contribution in [3.8, 4) is 0 Å². The van der Waals surface area contributed by atoms with E-state index in [-0.39, 0.29) is 44.0 Å². The SMILES string of the molecule is CC\C=C/C=C\C=C/C=C\C=C/CCCCCC(=O)OC(COC(=O)CCC/C=C\C/C=C\C/C=C\C/C=C\CCCCC)COC(=O)CCCCCC/C=C\C/C=C\C/C=C\CC. The molecule has 6 heteroatoms. The van der Waals surface area contributed by atoms with E-state index in [9.17, 15) is 14.4 Å². The Hall–Kier alpha value is -4.71. The topological polar surface area (TPSA) is 78.9 Å². The lowest BCUT2D eigenvalue weighted by atomic mass is 10.1. The van der Waals surface area contributed by atoms with Crippen LogP contribution in [0.25, 0.3) is 0 Å². The molecule has 1 atom stereocenters. The summed E-state index contributed by atoms with van der Waals surface area (Å²) in [5, 5.41) is 0. The van der Waals surface area contributed by atoms with Crippen LogP contribution in [0.2, 0.25) is 0 Å². The number of hydrogen-bond acceptors (Lipinski definition) is 6. The number of ether oxygens (including phenoxy) is 3. The summed E-state index contributed by atoms with van der Waals surface area (Å²) in [6.45, 7) is 6.21. The Morgan fingerprint density at radius 3 is 1.20 bits per heavy atom. The summed E-state index contributed by atoms with van der Waals surface area (Å²) < 4.78 is 16.7. The van der Waals surface area contributed by atoms with E-state index in [0.29, 0.717) is 19.3 Å². The summed E-state index contributed by atoms with van der Waals surface area (Å²) in [7, 11) is 0. The van der Waals surface area contributed by atoms with Gasteiger partial charge in [-0.15, -0.1) is 0 Å². The first-order chi connectivity index (χ1) is 31.5. The Morgan fingerprint density at radius 1 is 0.344 bits per heavy atom. The molecule has 0 spiro atoms. The van der Waals surface area contributed by atoms with Crippen LogP contribution >= 0.6 is 0 Å². The summed E-state index contributed by atoms with van der Waals surface area (Å²) in [6.07, 6.45) is 72.6. The molecule has 0 saturated heterocycles. The van der Waals surface area contributed by atoms with E-state index in [1.54, 1.807) is 0 Å². The fourth-order valence-electron chi connectivity index (χ4n) is 6.00. The molecule has 0 bridgehead atoms. The zero-order valence-electron chi connectivity index (χ0n) is 40.5. The number of allylic oxidation sites excluding steroid dienone is 24. The van der Waals surface area contributed by atoms with Crippen LogP contribution in [0, 0.1) is 0 Å². The van der Waals surface area contributed by atoms with E-state index < -0.39 is 6.10 Å². The number of unbranched alkanes of at least 4 members (excludes halogenated alkanes) is 11. The Bertz CT molecular complexity index is 1480. The third-order valence-electron chi connectivity index (χ3n) is 9.69. The van der Waals surface area contributed by atoms with Gasteiger partial charge < -0.3 is 14.2 Å². The maximum absolute atomic E-state index is 12.8. The standard InChI is InChI=1S/C58H88O6/c1-4-7-10-13-16-19-22-25-28-29-31-33-36-39-42-45-48-51-57(60)63-54-55(53-62-56(59)50-47-44-41-38-35-32-27-24-21-18-15-12-9-6-3)64-58(61)52-49-46-43-40-37-34-30-26-23-20-17-14-11-8-5-2/h8-9,11-12,14,16-21,23,25-28,30-34,37,39,42,55H,4-7,10,13,15,22,24,29,35-36,38,40-41,43-54H2,1-3H3/b11-8-,12-9-,17-14-,19-16-,21-18-,23-20-,28-25-,30-26-,32-27-,33-31-,37-34-,42-39-. The van der Waals surface area contributed by atoms with Gasteiger partial charge in [-0.2, -0.15) is 0 Å². The largest absolute Gasteiger partial charge is 0.462 e. The van der Waals surface area contributed by atoms with Crippen LogP contribution in [0.1, 0.15) is 181 Å². The van der Waals surface area contributed by atoms with Crippen LogP contribution in [0.5, 0.6) is 0 Å². The normalized spacial score (nSPS) is 13.4. The Kier molecular flexibility index (Phi) is 47.2. The van der Waals surface area contributed by atoms with Gasteiger partial charge in [0.05, 0.1) is 0 Å². The molecule has 0 aliphatic carbocycles. The highest BCUT2D eigenvalue weighted by molar-refractivity contribution is 5.71. The predicted octanol–water partition coefficient (Wildman–Crippen LogP) is 16.5. The number of carbonyl (C=O) groups is 3. The predicted molar refractivity (Wildman–Crippen MR) is 274 cm³/mol. The van der Waals surface area contributed by atoms with Gasteiger partial charge in [-0.3, -0.25) is 14.4 Å². The van der Waals surface area contributed by atoms with Crippen LogP contribution in [-0.4, -0.2) is 37.2 Å². The van der Waals surface area contributed by atoms with Crippen molar-refractivity contribution in [3.05, 3.63) is 146 Å². The summed E-state index contributed by atoms with van der Waals surface area (Å²) in [5.74, 6) is -1.07. The number of rotatable bonds is 42. The van der Waals surface area contributed by atoms with Gasteiger partial charge in [0.25, 0.3) is 0 Å². The van der Waals surface area contributed by atoms with E-state index in [4.69, 9.17) is 14.2 Å². The van der Waals surface area contributed by atoms with Crippen LogP contribution in [0.4, 0.5) is 0 Å². The van der Waals surface area contributed by atoms with Crippen molar-refractivity contribution in [1.82, 2.24) is 0 Å². The fourth-order valence-corrected chi connectivity index (χ4v) is 6.00. The number of esters is 3. The summed E-state index contributed by atoms with van der Waals surface area (Å²) in [4.78, 5) is 37.9. The summed E-state index contributed by atoms with van der Waals surface area (Å²) in [5.41, 5.74) is 0. The molecular weight excluding hydrogens is 793 g/mol. The monoisotopic (exact) mass is 881 g/mol. The van der Waals surface area contributed by atoms with E-state index in [1.165, 1.54) is 25.7 Å². The third-order valence-corrected chi connectivity index (χ3v) is 9.69. The van der Waals surface area contributed by atoms with Crippen LogP contribution in [-0.2, 0) is 28.6 Å². The molecule has 0 amide bonds. The Balaban J connectivity index is 4.63. The molecule has 6 nitrogen and oxygen atoms in total. The number of hydrogen-bond donors (Lipinski definition) is 0. The Labute approximate surface area is 391 Å². The highest BCUT2D eigenvalue weighted by Gasteiger charge is 2.19. The zero-order valence-corrected chi connectivity index (χ0v) is 40.5. The maximum Gasteiger partial charge on any atom is 0.306 e. The van der Waals surface area contributed by atoms with E-state index >= 15 is 0 Å². The van der Waals surface area contributed by atoms with Crippen molar-refractivity contribution >= 4 is 17.9 Å². The third kappa shape index (κ3) is 48.3. The van der Waals surface area contributed by atoms with Gasteiger partial charge in [0, 0.05) is 19.3 Å². The van der Waals surface area contributed by atoms with E-state index in [2.05, 4.69) is 118 Å². The molecule has 0 aromatic carbocycles. The second kappa shape index (κ2) is 50.9. The minimum atomic E-state index is -0.838. The van der Waals surface area contributed by atoms with Gasteiger partial charge in [-0.1, -0.05) is 199 Å². The molecule has 0 radical (unpaired) electrons. The van der Waals surface area contributed by atoms with E-state index in [1.807, 2.05) is 48.6 Å². The molecule has 1 unspecified atom stereocenters. The molecule has 0 aromatic heterocycles. The van der Waals surface area contributed by atoms with E-state index in [0.717, 1.165) is 103 Å². The minimum Gasteiger partial charge on any atom is -0.462 e. The summed E-state index contributed by atoms with van der Waals surface area (Å²) >= 11 is 0. The average molecular weight is 881 g/mol. The van der Waals surface area contributed by atoms with Crippen LogP contribution in [0.15, 0.2) is 146 Å². The molecule has 0 saturated carbocycles. The molecule has 0 rings (SSSR count). The van der Waals surface area contributed by atoms with Gasteiger partial charge in [0.15, 0.2) is 6.10 Å². The van der Waals surface area contributed by atoms with Crippen molar-refractivity contribution in [2.45, 2.75) is 187 Å². The lowest BCUT2D eigenvalue weighted by Gasteiger charge is -2.18. The highest BCUT2D eigenvalue weighted by Crippen LogP contribution is 2.11. The lowest BCUT2D eigenvalue weighted by molar-refractivity contribution is -0.167. The summed E-state index contributed by atoms with van der Waals surface area (Å²) in [6, 6.07) is 0. The van der Waals surface area contributed by atoms with Gasteiger partial charge in [0.1, 0.15) is 13.2 Å². The highest BCUT2D eigenvalue weighted by atomic mass is 16.6. The minimum absolute atomic E-state index is 0.131. The average Bonchev–Trinajstić information content (AvgIpc) is 3.29. The molecule has 0 heterocycles. The molecule has 0 fully saturated rings. The number of carbonyl (C=O) groups excluding carboxylic acids is 3. The smallest absolute Gasteiger partial charge is 0.306 e. The molecule has 0 aromatic rings. The van der Waals surface area contributed by atoms with Crippen molar-refractivity contribution in [3.63, 3.8) is 0 Å². The molecule has 356 valence electrons. The second-order valence-electron chi connectivity index (χ2n) is 15.7. The van der Waals surface area contributed by atoms with Crippen LogP contribution < -0.4 is 0 Å². The van der Waals surface area contributed by atoms with Gasteiger partial charge in [0.2, 0.25) is 0 Å². The van der Waals surface area contributed by atoms with Crippen molar-refractivity contribution in [1.29, 1.82) is 0 Å². The molecular formula is C58H88O6. The van der Waals surface area contributed by atoms with Crippen molar-refractivity contribution < 1.29 is 28.6 Å². The molecule has 0 aliphatic heterocycles. The van der Waals surface area contributed by atoms with Gasteiger partial charge in [-0.05, 0) is 109 Å². The molecule has 0 aliphatic rings. The van der Waals surface area contributed by atoms with Crippen molar-refractivity contribution in [2.75, 3.05) is 13.2 Å². The molecule has 0 N–H and O–H groups in total.